The molecule has 1 aliphatic heterocycles. The number of halogens is 3. The van der Waals surface area contributed by atoms with E-state index in [-0.39, 0.29) is 5.82 Å². The van der Waals surface area contributed by atoms with Gasteiger partial charge in [-0.25, -0.2) is 9.37 Å². The molecule has 1 fully saturated rings. The Hall–Kier alpha value is -2.22. The van der Waals surface area contributed by atoms with E-state index < -0.39 is 6.55 Å². The van der Waals surface area contributed by atoms with Gasteiger partial charge in [-0.15, -0.1) is 0 Å². The van der Waals surface area contributed by atoms with Gasteiger partial charge in [0.05, 0.1) is 19.3 Å². The smallest absolute Gasteiger partial charge is 0.319 e. The number of alkyl halides is 2. The fraction of sp³-hybridized carbons (Fsp3) is 0.438. The predicted octanol–water partition coefficient (Wildman–Crippen LogP) is 2.75. The minimum Gasteiger partial charge on any atom is -0.494 e. The topological polar surface area (TPSA) is 33.5 Å². The number of anilines is 1. The maximum absolute atomic E-state index is 13.3. The lowest BCUT2D eigenvalue weighted by molar-refractivity contribution is 0.0636. The van der Waals surface area contributed by atoms with E-state index in [0.29, 0.717) is 44.3 Å². The lowest BCUT2D eigenvalue weighted by Gasteiger charge is -2.36. The fourth-order valence-electron chi connectivity index (χ4n) is 2.90. The van der Waals surface area contributed by atoms with Gasteiger partial charge in [0.1, 0.15) is 17.4 Å². The summed E-state index contributed by atoms with van der Waals surface area (Å²) in [4.78, 5) is 8.19. The van der Waals surface area contributed by atoms with Crippen LogP contribution in [0.25, 0.3) is 0 Å². The second-order valence-electron chi connectivity index (χ2n) is 5.61. The number of nitrogens with zero attached hydrogens (tertiary/aromatic N) is 4. The Morgan fingerprint density at radius 3 is 2.62 bits per heavy atom. The van der Waals surface area contributed by atoms with Gasteiger partial charge >= 0.3 is 6.55 Å². The largest absolute Gasteiger partial charge is 0.494 e. The number of piperazine rings is 1. The van der Waals surface area contributed by atoms with Gasteiger partial charge in [-0.3, -0.25) is 9.47 Å². The van der Waals surface area contributed by atoms with Crippen molar-refractivity contribution in [2.75, 3.05) is 38.2 Å². The van der Waals surface area contributed by atoms with E-state index in [4.69, 9.17) is 4.74 Å². The van der Waals surface area contributed by atoms with Crippen LogP contribution in [0.2, 0.25) is 0 Å². The third-order valence-electron chi connectivity index (χ3n) is 4.18. The third kappa shape index (κ3) is 3.48. The summed E-state index contributed by atoms with van der Waals surface area (Å²) in [5.41, 5.74) is 0.840. The molecule has 0 aliphatic carbocycles. The molecule has 0 saturated carbocycles. The molecule has 2 aromatic rings. The van der Waals surface area contributed by atoms with E-state index in [1.807, 2.05) is 0 Å². The molecule has 0 radical (unpaired) electrons. The van der Waals surface area contributed by atoms with E-state index in [0.717, 1.165) is 10.3 Å². The molecule has 1 aliphatic rings. The van der Waals surface area contributed by atoms with Crippen molar-refractivity contribution in [3.05, 3.63) is 42.2 Å². The molecule has 0 amide bonds. The molecule has 24 heavy (non-hydrogen) atoms. The molecule has 8 heteroatoms. The van der Waals surface area contributed by atoms with Gasteiger partial charge in [-0.1, -0.05) is 0 Å². The van der Waals surface area contributed by atoms with E-state index in [1.165, 1.54) is 31.6 Å². The number of rotatable bonds is 5. The SMILES string of the molecule is COc1cc(F)ccc1N1CCN(Cc2nccn2C(F)F)CC1. The number of methoxy groups -OCH3 is 1. The van der Waals surface area contributed by atoms with Crippen LogP contribution in [-0.4, -0.2) is 47.7 Å². The summed E-state index contributed by atoms with van der Waals surface area (Å²) < 4.78 is 45.2. The second-order valence-corrected chi connectivity index (χ2v) is 5.61. The number of benzene rings is 1. The molecule has 1 aromatic carbocycles. The van der Waals surface area contributed by atoms with Gasteiger partial charge in [0.25, 0.3) is 0 Å². The number of ether oxygens (including phenoxy) is 1. The zero-order valence-corrected chi connectivity index (χ0v) is 13.3. The fourth-order valence-corrected chi connectivity index (χ4v) is 2.90. The molecule has 0 unspecified atom stereocenters. The quantitative estimate of drug-likeness (QED) is 0.838. The molecular weight excluding hydrogens is 321 g/mol. The lowest BCUT2D eigenvalue weighted by atomic mass is 10.2. The van der Waals surface area contributed by atoms with Crippen LogP contribution < -0.4 is 9.64 Å². The van der Waals surface area contributed by atoms with Gasteiger partial charge < -0.3 is 9.64 Å². The Bertz CT molecular complexity index is 684. The molecule has 0 atom stereocenters. The zero-order valence-electron chi connectivity index (χ0n) is 13.3. The highest BCUT2D eigenvalue weighted by molar-refractivity contribution is 5.58. The van der Waals surface area contributed by atoms with E-state index >= 15 is 0 Å². The van der Waals surface area contributed by atoms with E-state index in [9.17, 15) is 13.2 Å². The van der Waals surface area contributed by atoms with Crippen LogP contribution in [0.15, 0.2) is 30.6 Å². The summed E-state index contributed by atoms with van der Waals surface area (Å²) in [5.74, 6) is 0.516. The predicted molar refractivity (Wildman–Crippen MR) is 83.9 cm³/mol. The summed E-state index contributed by atoms with van der Waals surface area (Å²) in [6, 6.07) is 4.47. The van der Waals surface area contributed by atoms with Gasteiger partial charge in [-0.05, 0) is 12.1 Å². The zero-order chi connectivity index (χ0) is 17.1. The van der Waals surface area contributed by atoms with Crippen LogP contribution in [0, 0.1) is 5.82 Å². The molecule has 0 bridgehead atoms. The van der Waals surface area contributed by atoms with Crippen molar-refractivity contribution in [1.82, 2.24) is 14.5 Å². The highest BCUT2D eigenvalue weighted by Crippen LogP contribution is 2.29. The number of hydrogen-bond acceptors (Lipinski definition) is 4. The van der Waals surface area contributed by atoms with Gasteiger partial charge in [-0.2, -0.15) is 8.78 Å². The Kier molecular flexibility index (Phi) is 4.94. The number of aromatic nitrogens is 2. The van der Waals surface area contributed by atoms with Crippen molar-refractivity contribution >= 4 is 5.69 Å². The first-order valence-corrected chi connectivity index (χ1v) is 7.69. The maximum atomic E-state index is 13.3. The average molecular weight is 340 g/mol. The first kappa shape index (κ1) is 16.6. The Labute approximate surface area is 138 Å². The Balaban J connectivity index is 1.63. The van der Waals surface area contributed by atoms with Crippen molar-refractivity contribution in [1.29, 1.82) is 0 Å². The third-order valence-corrected chi connectivity index (χ3v) is 4.18. The van der Waals surface area contributed by atoms with Crippen LogP contribution in [0.3, 0.4) is 0 Å². The van der Waals surface area contributed by atoms with Crippen molar-refractivity contribution in [2.24, 2.45) is 0 Å². The van der Waals surface area contributed by atoms with Crippen LogP contribution in [0.5, 0.6) is 5.75 Å². The van der Waals surface area contributed by atoms with Gasteiger partial charge in [0, 0.05) is 44.6 Å². The normalized spacial score (nSPS) is 16.0. The minimum absolute atomic E-state index is 0.340. The molecule has 1 saturated heterocycles. The summed E-state index contributed by atoms with van der Waals surface area (Å²) in [6.07, 6.45) is 2.68. The molecule has 1 aromatic heterocycles. The Morgan fingerprint density at radius 2 is 1.96 bits per heavy atom. The summed E-state index contributed by atoms with van der Waals surface area (Å²) in [6.45, 7) is 0.626. The summed E-state index contributed by atoms with van der Waals surface area (Å²) in [5, 5.41) is 0. The molecule has 5 nitrogen and oxygen atoms in total. The Morgan fingerprint density at radius 1 is 1.21 bits per heavy atom. The average Bonchev–Trinajstić information content (AvgIpc) is 3.04. The van der Waals surface area contributed by atoms with Gasteiger partial charge in [0.15, 0.2) is 0 Å². The highest BCUT2D eigenvalue weighted by atomic mass is 19.3. The minimum atomic E-state index is -2.58. The van der Waals surface area contributed by atoms with Crippen molar-refractivity contribution in [2.45, 2.75) is 13.1 Å². The second kappa shape index (κ2) is 7.12. The monoisotopic (exact) mass is 340 g/mol. The van der Waals surface area contributed by atoms with Gasteiger partial charge in [0.2, 0.25) is 0 Å². The first-order valence-electron chi connectivity index (χ1n) is 7.69. The molecule has 0 N–H and O–H groups in total. The molecular formula is C16H19F3N4O. The molecule has 3 rings (SSSR count). The standard InChI is InChI=1S/C16H19F3N4O/c1-24-14-10-12(17)2-3-13(14)22-8-6-21(7-9-22)11-15-20-4-5-23(15)16(18)19/h2-5,10,16H,6-9,11H2,1H3. The first-order chi connectivity index (χ1) is 11.6. The van der Waals surface area contributed by atoms with Crippen LogP contribution in [-0.2, 0) is 6.54 Å². The highest BCUT2D eigenvalue weighted by Gasteiger charge is 2.22. The maximum Gasteiger partial charge on any atom is 0.319 e. The molecule has 2 heterocycles. The summed E-state index contributed by atoms with van der Waals surface area (Å²) >= 11 is 0. The van der Waals surface area contributed by atoms with Crippen molar-refractivity contribution < 1.29 is 17.9 Å². The number of hydrogen-bond donors (Lipinski definition) is 0. The van der Waals surface area contributed by atoms with Crippen LogP contribution in [0.4, 0.5) is 18.9 Å². The summed E-state index contributed by atoms with van der Waals surface area (Å²) in [7, 11) is 1.51. The number of imidazole rings is 1. The van der Waals surface area contributed by atoms with Crippen molar-refractivity contribution in [3.8, 4) is 5.75 Å². The van der Waals surface area contributed by atoms with E-state index in [2.05, 4.69) is 14.8 Å². The lowest BCUT2D eigenvalue weighted by Crippen LogP contribution is -2.46. The van der Waals surface area contributed by atoms with Crippen molar-refractivity contribution in [3.63, 3.8) is 0 Å². The van der Waals surface area contributed by atoms with Crippen LogP contribution >= 0.6 is 0 Å². The molecule has 130 valence electrons. The van der Waals surface area contributed by atoms with Crippen LogP contribution in [0.1, 0.15) is 12.4 Å². The van der Waals surface area contributed by atoms with E-state index in [1.54, 1.807) is 6.07 Å². The molecule has 0 spiro atoms.